The minimum Gasteiger partial charge on any atom is -0.359 e. The van der Waals surface area contributed by atoms with E-state index in [1.807, 2.05) is 0 Å². The van der Waals surface area contributed by atoms with Gasteiger partial charge in [-0.3, -0.25) is 4.21 Å². The van der Waals surface area contributed by atoms with Crippen molar-refractivity contribution in [3.8, 4) is 0 Å². The zero-order valence-electron chi connectivity index (χ0n) is 9.45. The molecule has 1 N–H and O–H groups in total. The van der Waals surface area contributed by atoms with Crippen LogP contribution >= 0.6 is 11.3 Å². The van der Waals surface area contributed by atoms with Crippen molar-refractivity contribution in [3.63, 3.8) is 0 Å². The number of nitrogens with zero attached hydrogens (tertiary/aromatic N) is 1. The predicted octanol–water partition coefficient (Wildman–Crippen LogP) is 2.27. The number of thiazole rings is 1. The average molecular weight is 246 g/mol. The van der Waals surface area contributed by atoms with Crippen molar-refractivity contribution in [2.45, 2.75) is 32.7 Å². The quantitative estimate of drug-likeness (QED) is 0.837. The fourth-order valence-electron chi connectivity index (χ4n) is 1.16. The molecule has 3 nitrogen and oxygen atoms in total. The standard InChI is InChI=1S/C10H18N2OS2/c1-4-9-7-14-10(12-9)11-8(2)5-6-15(3)13/h7-8H,4-6H2,1-3H3,(H,11,12). The van der Waals surface area contributed by atoms with Crippen molar-refractivity contribution >= 4 is 27.3 Å². The summed E-state index contributed by atoms with van der Waals surface area (Å²) >= 11 is 1.64. The second-order valence-electron chi connectivity index (χ2n) is 3.61. The van der Waals surface area contributed by atoms with Gasteiger partial charge in [-0.15, -0.1) is 11.3 Å². The zero-order chi connectivity index (χ0) is 11.3. The Morgan fingerprint density at radius 1 is 1.67 bits per heavy atom. The fraction of sp³-hybridized carbons (Fsp3) is 0.700. The molecule has 0 aliphatic carbocycles. The van der Waals surface area contributed by atoms with Crippen LogP contribution in [0, 0.1) is 0 Å². The lowest BCUT2D eigenvalue weighted by Crippen LogP contribution is -2.17. The lowest BCUT2D eigenvalue weighted by atomic mass is 10.3. The summed E-state index contributed by atoms with van der Waals surface area (Å²) < 4.78 is 10.9. The average Bonchev–Trinajstić information content (AvgIpc) is 2.62. The van der Waals surface area contributed by atoms with Gasteiger partial charge in [0.05, 0.1) is 5.69 Å². The zero-order valence-corrected chi connectivity index (χ0v) is 11.1. The Bertz CT molecular complexity index is 325. The van der Waals surface area contributed by atoms with Gasteiger partial charge in [0.25, 0.3) is 0 Å². The van der Waals surface area contributed by atoms with E-state index in [0.29, 0.717) is 6.04 Å². The third-order valence-electron chi connectivity index (χ3n) is 2.12. The second kappa shape index (κ2) is 6.23. The van der Waals surface area contributed by atoms with Crippen LogP contribution in [0.3, 0.4) is 0 Å². The monoisotopic (exact) mass is 246 g/mol. The van der Waals surface area contributed by atoms with Gasteiger partial charge >= 0.3 is 0 Å². The number of anilines is 1. The van der Waals surface area contributed by atoms with Gasteiger partial charge in [0, 0.05) is 34.2 Å². The van der Waals surface area contributed by atoms with Gasteiger partial charge in [0.1, 0.15) is 0 Å². The van der Waals surface area contributed by atoms with E-state index in [0.717, 1.165) is 29.4 Å². The van der Waals surface area contributed by atoms with Crippen LogP contribution in [-0.2, 0) is 17.2 Å². The maximum absolute atomic E-state index is 10.9. The Labute approximate surface area is 97.8 Å². The summed E-state index contributed by atoms with van der Waals surface area (Å²) in [6.07, 6.45) is 3.64. The van der Waals surface area contributed by atoms with Crippen LogP contribution in [0.25, 0.3) is 0 Å². The Kier molecular flexibility index (Phi) is 5.25. The highest BCUT2D eigenvalue weighted by Crippen LogP contribution is 2.17. The predicted molar refractivity (Wildman–Crippen MR) is 68.1 cm³/mol. The first-order chi connectivity index (χ1) is 7.11. The molecule has 0 aromatic carbocycles. The van der Waals surface area contributed by atoms with Gasteiger partial charge < -0.3 is 5.32 Å². The molecule has 0 radical (unpaired) electrons. The van der Waals surface area contributed by atoms with E-state index in [1.54, 1.807) is 17.6 Å². The van der Waals surface area contributed by atoms with Gasteiger partial charge in [0.15, 0.2) is 5.13 Å². The highest BCUT2D eigenvalue weighted by Gasteiger charge is 2.06. The largest absolute Gasteiger partial charge is 0.359 e. The highest BCUT2D eigenvalue weighted by molar-refractivity contribution is 7.84. The maximum atomic E-state index is 10.9. The highest BCUT2D eigenvalue weighted by atomic mass is 32.2. The lowest BCUT2D eigenvalue weighted by Gasteiger charge is -2.11. The van der Waals surface area contributed by atoms with E-state index in [9.17, 15) is 4.21 Å². The summed E-state index contributed by atoms with van der Waals surface area (Å²) in [6.45, 7) is 4.20. The molecule has 1 heterocycles. The molecule has 0 aliphatic heterocycles. The number of nitrogens with one attached hydrogen (secondary N) is 1. The molecule has 0 saturated heterocycles. The number of aryl methyl sites for hydroxylation is 1. The van der Waals surface area contributed by atoms with Crippen LogP contribution in [0.4, 0.5) is 5.13 Å². The van der Waals surface area contributed by atoms with Crippen LogP contribution in [0.2, 0.25) is 0 Å². The summed E-state index contributed by atoms with van der Waals surface area (Å²) in [5, 5.41) is 6.37. The molecule has 0 bridgehead atoms. The van der Waals surface area contributed by atoms with E-state index >= 15 is 0 Å². The Hall–Kier alpha value is -0.420. The summed E-state index contributed by atoms with van der Waals surface area (Å²) in [5.74, 6) is 0.750. The molecule has 0 spiro atoms. The van der Waals surface area contributed by atoms with Crippen LogP contribution in [-0.4, -0.2) is 27.2 Å². The summed E-state index contributed by atoms with van der Waals surface area (Å²) in [4.78, 5) is 4.43. The molecular formula is C10H18N2OS2. The van der Waals surface area contributed by atoms with E-state index in [1.165, 1.54) is 0 Å². The molecule has 1 aromatic rings. The first-order valence-electron chi connectivity index (χ1n) is 5.12. The minimum atomic E-state index is -0.698. The van der Waals surface area contributed by atoms with Crippen molar-refractivity contribution in [2.75, 3.05) is 17.3 Å². The van der Waals surface area contributed by atoms with Gasteiger partial charge in [-0.1, -0.05) is 6.92 Å². The van der Waals surface area contributed by atoms with Crippen LogP contribution in [0.5, 0.6) is 0 Å². The van der Waals surface area contributed by atoms with Crippen molar-refractivity contribution in [2.24, 2.45) is 0 Å². The van der Waals surface area contributed by atoms with E-state index < -0.39 is 10.8 Å². The maximum Gasteiger partial charge on any atom is 0.183 e. The third kappa shape index (κ3) is 4.75. The van der Waals surface area contributed by atoms with E-state index in [4.69, 9.17) is 0 Å². The molecule has 86 valence electrons. The van der Waals surface area contributed by atoms with Crippen molar-refractivity contribution in [3.05, 3.63) is 11.1 Å². The van der Waals surface area contributed by atoms with E-state index in [2.05, 4.69) is 29.5 Å². The summed E-state index contributed by atoms with van der Waals surface area (Å²) in [5.41, 5.74) is 1.13. The molecule has 15 heavy (non-hydrogen) atoms. The normalized spacial score (nSPS) is 14.9. The second-order valence-corrected chi connectivity index (χ2v) is 6.02. The van der Waals surface area contributed by atoms with Gasteiger partial charge in [-0.2, -0.15) is 0 Å². The minimum absolute atomic E-state index is 0.338. The first-order valence-corrected chi connectivity index (χ1v) is 7.73. The Morgan fingerprint density at radius 3 is 2.93 bits per heavy atom. The van der Waals surface area contributed by atoms with Crippen molar-refractivity contribution in [1.82, 2.24) is 4.98 Å². The molecule has 1 aromatic heterocycles. The molecule has 5 heteroatoms. The fourth-order valence-corrected chi connectivity index (χ4v) is 2.75. The molecular weight excluding hydrogens is 228 g/mol. The van der Waals surface area contributed by atoms with Crippen molar-refractivity contribution in [1.29, 1.82) is 0 Å². The van der Waals surface area contributed by atoms with Crippen LogP contribution in [0.15, 0.2) is 5.38 Å². The third-order valence-corrected chi connectivity index (χ3v) is 3.76. The molecule has 0 fully saturated rings. The number of hydrogen-bond acceptors (Lipinski definition) is 4. The molecule has 0 saturated carbocycles. The van der Waals surface area contributed by atoms with Crippen molar-refractivity contribution < 1.29 is 4.21 Å². The topological polar surface area (TPSA) is 42.0 Å². The Morgan fingerprint density at radius 2 is 2.40 bits per heavy atom. The summed E-state index contributed by atoms with van der Waals surface area (Å²) in [6, 6.07) is 0.338. The number of hydrogen-bond donors (Lipinski definition) is 1. The summed E-state index contributed by atoms with van der Waals surface area (Å²) in [7, 11) is -0.698. The van der Waals surface area contributed by atoms with Crippen LogP contribution < -0.4 is 5.32 Å². The number of aromatic nitrogens is 1. The van der Waals surface area contributed by atoms with Gasteiger partial charge in [0.2, 0.25) is 0 Å². The smallest absolute Gasteiger partial charge is 0.183 e. The SMILES string of the molecule is CCc1csc(NC(C)CCS(C)=O)n1. The Balaban J connectivity index is 2.36. The molecule has 0 aliphatic rings. The lowest BCUT2D eigenvalue weighted by molar-refractivity contribution is 0.678. The first kappa shape index (κ1) is 12.6. The van der Waals surface area contributed by atoms with Crippen LogP contribution in [0.1, 0.15) is 26.0 Å². The molecule has 2 atom stereocenters. The van der Waals surface area contributed by atoms with Gasteiger partial charge in [-0.05, 0) is 19.8 Å². The molecule has 2 unspecified atom stereocenters. The molecule has 0 amide bonds. The van der Waals surface area contributed by atoms with Gasteiger partial charge in [-0.25, -0.2) is 4.98 Å². The number of rotatable bonds is 6. The molecule has 1 rings (SSSR count). The van der Waals surface area contributed by atoms with E-state index in [-0.39, 0.29) is 0 Å².